The van der Waals surface area contributed by atoms with Crippen LogP contribution < -0.4 is 5.32 Å². The molecule has 7 heteroatoms. The van der Waals surface area contributed by atoms with Crippen molar-refractivity contribution in [2.24, 2.45) is 0 Å². The number of nitrogens with one attached hydrogen (secondary N) is 1. The quantitative estimate of drug-likeness (QED) is 0.698. The van der Waals surface area contributed by atoms with Gasteiger partial charge < -0.3 is 10.2 Å². The zero-order valence-electron chi connectivity index (χ0n) is 14.6. The van der Waals surface area contributed by atoms with Crippen molar-refractivity contribution in [3.8, 4) is 5.69 Å². The number of benzene rings is 2. The number of hydrogen-bond acceptors (Lipinski definition) is 3. The number of hydrogen-bond donors (Lipinski definition) is 1. The first-order chi connectivity index (χ1) is 12.5. The Morgan fingerprint density at radius 3 is 2.50 bits per heavy atom. The Labute approximate surface area is 157 Å². The van der Waals surface area contributed by atoms with Gasteiger partial charge in [-0.2, -0.15) is 5.10 Å². The summed E-state index contributed by atoms with van der Waals surface area (Å²) in [5.41, 5.74) is 3.08. The third kappa shape index (κ3) is 4.23. The van der Waals surface area contributed by atoms with Crippen LogP contribution in [0.3, 0.4) is 0 Å². The molecular weight excluding hydrogens is 349 g/mol. The lowest BCUT2D eigenvalue weighted by atomic mass is 10.1. The molecule has 1 aromatic heterocycles. The Morgan fingerprint density at radius 2 is 1.88 bits per heavy atom. The van der Waals surface area contributed by atoms with Crippen LogP contribution in [0.5, 0.6) is 0 Å². The fourth-order valence-electron chi connectivity index (χ4n) is 2.55. The summed E-state index contributed by atoms with van der Waals surface area (Å²) in [6.45, 7) is 2.65. The highest BCUT2D eigenvalue weighted by Crippen LogP contribution is 2.20. The average Bonchev–Trinajstić information content (AvgIpc) is 3.21. The monoisotopic (exact) mass is 369 g/mol. The summed E-state index contributed by atoms with van der Waals surface area (Å²) < 4.78 is 14.7. The molecule has 0 radical (unpaired) electrons. The third-order valence-electron chi connectivity index (χ3n) is 4.32. The molecule has 1 N–H and O–H groups in total. The van der Waals surface area contributed by atoms with Gasteiger partial charge >= 0.3 is 0 Å². The van der Waals surface area contributed by atoms with E-state index in [1.165, 1.54) is 18.5 Å². The van der Waals surface area contributed by atoms with E-state index in [1.807, 2.05) is 24.1 Å². The number of halogens is 1. The Bertz CT molecular complexity index is 847. The molecular formula is C19H20FN5S. The summed E-state index contributed by atoms with van der Waals surface area (Å²) in [5, 5.41) is 7.98. The minimum Gasteiger partial charge on any atom is -0.358 e. The molecule has 0 aliphatic carbocycles. The smallest absolute Gasteiger partial charge is 0.169 e. The molecule has 0 fully saturated rings. The molecule has 1 heterocycles. The molecule has 1 atom stereocenters. The van der Waals surface area contributed by atoms with Gasteiger partial charge in [0.25, 0.3) is 0 Å². The maximum absolute atomic E-state index is 13.0. The summed E-state index contributed by atoms with van der Waals surface area (Å²) in [7, 11) is 1.95. The number of aromatic nitrogens is 3. The zero-order chi connectivity index (χ0) is 18.5. The molecule has 0 bridgehead atoms. The summed E-state index contributed by atoms with van der Waals surface area (Å²) in [5.74, 6) is -0.239. The Kier molecular flexibility index (Phi) is 5.58. The second kappa shape index (κ2) is 8.05. The Hall–Kier alpha value is -2.80. The van der Waals surface area contributed by atoms with Gasteiger partial charge in [-0.3, -0.25) is 0 Å². The van der Waals surface area contributed by atoms with Gasteiger partial charge in [-0.1, -0.05) is 24.3 Å². The second-order valence-corrected chi connectivity index (χ2v) is 6.39. The lowest BCUT2D eigenvalue weighted by Gasteiger charge is -2.28. The summed E-state index contributed by atoms with van der Waals surface area (Å²) in [6, 6.07) is 14.6. The van der Waals surface area contributed by atoms with Gasteiger partial charge in [0, 0.05) is 13.6 Å². The van der Waals surface area contributed by atoms with Crippen LogP contribution >= 0.6 is 12.2 Å². The summed E-state index contributed by atoms with van der Waals surface area (Å²) in [4.78, 5) is 5.96. The van der Waals surface area contributed by atoms with Gasteiger partial charge in [-0.05, 0) is 54.5 Å². The predicted molar refractivity (Wildman–Crippen MR) is 103 cm³/mol. The van der Waals surface area contributed by atoms with Crippen molar-refractivity contribution in [1.29, 1.82) is 0 Å². The second-order valence-electron chi connectivity index (χ2n) is 6.00. The number of thiocarbonyl (C=S) groups is 1. The van der Waals surface area contributed by atoms with Gasteiger partial charge in [0.05, 0.1) is 11.7 Å². The molecule has 0 aliphatic heterocycles. The van der Waals surface area contributed by atoms with Crippen molar-refractivity contribution in [3.63, 3.8) is 0 Å². The molecule has 26 heavy (non-hydrogen) atoms. The Balaban J connectivity index is 1.60. The number of rotatable bonds is 5. The molecule has 0 spiro atoms. The van der Waals surface area contributed by atoms with E-state index in [0.29, 0.717) is 11.7 Å². The van der Waals surface area contributed by atoms with Crippen molar-refractivity contribution in [1.82, 2.24) is 25.0 Å². The summed E-state index contributed by atoms with van der Waals surface area (Å²) in [6.07, 6.45) is 3.18. The van der Waals surface area contributed by atoms with Crippen molar-refractivity contribution in [2.75, 3.05) is 7.05 Å². The van der Waals surface area contributed by atoms with Crippen LogP contribution in [0.1, 0.15) is 24.1 Å². The van der Waals surface area contributed by atoms with E-state index in [4.69, 9.17) is 12.2 Å². The average molecular weight is 369 g/mol. The third-order valence-corrected chi connectivity index (χ3v) is 4.75. The first kappa shape index (κ1) is 18.0. The molecule has 0 amide bonds. The summed E-state index contributed by atoms with van der Waals surface area (Å²) >= 11 is 5.49. The van der Waals surface area contributed by atoms with Crippen LogP contribution in [0.2, 0.25) is 0 Å². The van der Waals surface area contributed by atoms with Crippen LogP contribution in [0.25, 0.3) is 5.69 Å². The van der Waals surface area contributed by atoms with Crippen molar-refractivity contribution < 1.29 is 4.39 Å². The lowest BCUT2D eigenvalue weighted by Crippen LogP contribution is -2.38. The van der Waals surface area contributed by atoms with Crippen molar-refractivity contribution in [3.05, 3.63) is 78.1 Å². The van der Waals surface area contributed by atoms with E-state index in [9.17, 15) is 4.39 Å². The van der Waals surface area contributed by atoms with Crippen LogP contribution in [0.15, 0.2) is 61.2 Å². The number of nitrogens with zero attached hydrogens (tertiary/aromatic N) is 4. The minimum absolute atomic E-state index is 0.105. The van der Waals surface area contributed by atoms with Crippen molar-refractivity contribution in [2.45, 2.75) is 19.5 Å². The van der Waals surface area contributed by atoms with E-state index in [1.54, 1.807) is 23.1 Å². The molecule has 2 aromatic carbocycles. The van der Waals surface area contributed by atoms with Crippen molar-refractivity contribution >= 4 is 17.3 Å². The topological polar surface area (TPSA) is 46.0 Å². The zero-order valence-corrected chi connectivity index (χ0v) is 15.4. The van der Waals surface area contributed by atoms with E-state index < -0.39 is 0 Å². The Morgan fingerprint density at radius 1 is 1.19 bits per heavy atom. The SMILES string of the molecule is C[C@@H](c1ccc(-n2cncn2)cc1)N(C)C(=S)NCc1ccc(F)cc1. The van der Waals surface area contributed by atoms with E-state index >= 15 is 0 Å². The molecule has 5 nitrogen and oxygen atoms in total. The predicted octanol–water partition coefficient (Wildman–Crippen LogP) is 3.47. The molecule has 134 valence electrons. The normalized spacial score (nSPS) is 11.8. The van der Waals surface area contributed by atoms with Gasteiger partial charge in [-0.15, -0.1) is 0 Å². The van der Waals surface area contributed by atoms with Crippen LogP contribution in [-0.4, -0.2) is 31.8 Å². The highest BCUT2D eigenvalue weighted by Gasteiger charge is 2.14. The van der Waals surface area contributed by atoms with E-state index in [-0.39, 0.29) is 11.9 Å². The highest BCUT2D eigenvalue weighted by molar-refractivity contribution is 7.80. The fraction of sp³-hybridized carbons (Fsp3) is 0.211. The lowest BCUT2D eigenvalue weighted by molar-refractivity contribution is 0.395. The van der Waals surface area contributed by atoms with Gasteiger partial charge in [0.2, 0.25) is 0 Å². The van der Waals surface area contributed by atoms with Gasteiger partial charge in [0.1, 0.15) is 18.5 Å². The molecule has 0 saturated heterocycles. The molecule has 0 unspecified atom stereocenters. The van der Waals surface area contributed by atoms with E-state index in [2.05, 4.69) is 34.5 Å². The standard InChI is InChI=1S/C19H20FN5S/c1-14(16-5-9-18(10-6-16)25-13-21-12-23-25)24(2)19(26)22-11-15-3-7-17(20)8-4-15/h3-10,12-14H,11H2,1-2H3,(H,22,26)/t14-/m0/s1. The van der Waals surface area contributed by atoms with E-state index in [0.717, 1.165) is 16.8 Å². The molecule has 3 aromatic rings. The first-order valence-corrected chi connectivity index (χ1v) is 8.65. The maximum atomic E-state index is 13.0. The maximum Gasteiger partial charge on any atom is 0.169 e. The van der Waals surface area contributed by atoms with Gasteiger partial charge in [-0.25, -0.2) is 14.1 Å². The van der Waals surface area contributed by atoms with Crippen LogP contribution in [0.4, 0.5) is 4.39 Å². The highest BCUT2D eigenvalue weighted by atomic mass is 32.1. The van der Waals surface area contributed by atoms with Crippen LogP contribution in [-0.2, 0) is 6.54 Å². The minimum atomic E-state index is -0.239. The molecule has 0 aliphatic rings. The fourth-order valence-corrected chi connectivity index (χ4v) is 2.78. The molecule has 3 rings (SSSR count). The molecule has 0 saturated carbocycles. The van der Waals surface area contributed by atoms with Gasteiger partial charge in [0.15, 0.2) is 5.11 Å². The largest absolute Gasteiger partial charge is 0.358 e. The van der Waals surface area contributed by atoms with Crippen LogP contribution in [0, 0.1) is 5.82 Å². The first-order valence-electron chi connectivity index (χ1n) is 8.24.